The van der Waals surface area contributed by atoms with Gasteiger partial charge in [0.15, 0.2) is 5.78 Å². The van der Waals surface area contributed by atoms with Crippen molar-refractivity contribution in [3.8, 4) is 0 Å². The molecule has 1 amide bonds. The van der Waals surface area contributed by atoms with Crippen LogP contribution in [0.4, 0.5) is 5.69 Å². The third-order valence-corrected chi connectivity index (χ3v) is 6.20. The fourth-order valence-electron chi connectivity index (χ4n) is 3.46. The van der Waals surface area contributed by atoms with E-state index in [1.165, 1.54) is 17.4 Å². The van der Waals surface area contributed by atoms with Crippen molar-refractivity contribution in [3.63, 3.8) is 0 Å². The van der Waals surface area contributed by atoms with E-state index in [9.17, 15) is 9.59 Å². The molecule has 1 unspecified atom stereocenters. The molecule has 0 spiro atoms. The molecule has 0 bridgehead atoms. The molecule has 3 rings (SSSR count). The Morgan fingerprint density at radius 2 is 2.00 bits per heavy atom. The second-order valence-electron chi connectivity index (χ2n) is 7.95. The SMILES string of the molecule is CC(=O)c1cccc(NC(=O)c2csc3c2CCC(C(C)(C)C)C3)c1. The number of rotatable bonds is 3. The number of ketones is 1. The molecule has 3 nitrogen and oxygen atoms in total. The van der Waals surface area contributed by atoms with Gasteiger partial charge in [0, 0.05) is 21.5 Å². The van der Waals surface area contributed by atoms with Gasteiger partial charge in [-0.2, -0.15) is 0 Å². The lowest BCUT2D eigenvalue weighted by atomic mass is 9.72. The minimum absolute atomic E-state index is 0.00256. The molecule has 1 aliphatic rings. The number of Topliss-reactive ketones (excluding diaryl/α,β-unsaturated/α-hetero) is 1. The predicted molar refractivity (Wildman–Crippen MR) is 104 cm³/mol. The van der Waals surface area contributed by atoms with E-state index in [2.05, 4.69) is 26.1 Å². The second kappa shape index (κ2) is 6.75. The first kappa shape index (κ1) is 17.9. The van der Waals surface area contributed by atoms with Crippen LogP contribution in [0.5, 0.6) is 0 Å². The highest BCUT2D eigenvalue weighted by Gasteiger charge is 2.31. The smallest absolute Gasteiger partial charge is 0.256 e. The Hall–Kier alpha value is -1.94. The fourth-order valence-corrected chi connectivity index (χ4v) is 4.62. The van der Waals surface area contributed by atoms with Crippen molar-refractivity contribution in [2.24, 2.45) is 11.3 Å². The Kier molecular flexibility index (Phi) is 4.83. The summed E-state index contributed by atoms with van der Waals surface area (Å²) in [6, 6.07) is 7.11. The van der Waals surface area contributed by atoms with Crippen molar-refractivity contribution in [1.29, 1.82) is 0 Å². The van der Waals surface area contributed by atoms with Crippen LogP contribution in [-0.2, 0) is 12.8 Å². The van der Waals surface area contributed by atoms with Gasteiger partial charge >= 0.3 is 0 Å². The summed E-state index contributed by atoms with van der Waals surface area (Å²) in [5.74, 6) is 0.589. The van der Waals surface area contributed by atoms with Crippen molar-refractivity contribution >= 4 is 28.7 Å². The molecule has 1 heterocycles. The Morgan fingerprint density at radius 3 is 2.68 bits per heavy atom. The van der Waals surface area contributed by atoms with E-state index >= 15 is 0 Å². The number of carbonyl (C=O) groups excluding carboxylic acids is 2. The summed E-state index contributed by atoms with van der Waals surface area (Å²) in [4.78, 5) is 25.6. The first-order chi connectivity index (χ1) is 11.8. The van der Waals surface area contributed by atoms with Crippen molar-refractivity contribution < 1.29 is 9.59 Å². The Balaban J connectivity index is 1.78. The lowest BCUT2D eigenvalue weighted by molar-refractivity contribution is 0.101. The van der Waals surface area contributed by atoms with Crippen molar-refractivity contribution in [3.05, 3.63) is 51.2 Å². The largest absolute Gasteiger partial charge is 0.322 e. The van der Waals surface area contributed by atoms with E-state index < -0.39 is 0 Å². The molecule has 25 heavy (non-hydrogen) atoms. The summed E-state index contributed by atoms with van der Waals surface area (Å²) in [6.07, 6.45) is 3.17. The number of hydrogen-bond donors (Lipinski definition) is 1. The summed E-state index contributed by atoms with van der Waals surface area (Å²) in [5, 5.41) is 4.93. The number of benzene rings is 1. The molecule has 4 heteroatoms. The molecule has 1 aliphatic carbocycles. The van der Waals surface area contributed by atoms with Crippen LogP contribution in [0, 0.1) is 11.3 Å². The summed E-state index contributed by atoms with van der Waals surface area (Å²) >= 11 is 1.70. The van der Waals surface area contributed by atoms with E-state index in [-0.39, 0.29) is 11.7 Å². The van der Waals surface area contributed by atoms with Crippen molar-refractivity contribution in [2.75, 3.05) is 5.32 Å². The quantitative estimate of drug-likeness (QED) is 0.754. The topological polar surface area (TPSA) is 46.2 Å². The maximum atomic E-state index is 12.7. The molecule has 0 aliphatic heterocycles. The molecule has 2 aromatic rings. The summed E-state index contributed by atoms with van der Waals surface area (Å²) < 4.78 is 0. The Morgan fingerprint density at radius 1 is 1.24 bits per heavy atom. The maximum Gasteiger partial charge on any atom is 0.256 e. The van der Waals surface area contributed by atoms with Gasteiger partial charge in [-0.05, 0) is 55.2 Å². The summed E-state index contributed by atoms with van der Waals surface area (Å²) in [6.45, 7) is 8.42. The Labute approximate surface area is 153 Å². The number of nitrogens with one attached hydrogen (secondary N) is 1. The van der Waals surface area contributed by atoms with E-state index in [0.29, 0.717) is 22.6 Å². The molecular weight excluding hydrogens is 330 g/mol. The highest BCUT2D eigenvalue weighted by atomic mass is 32.1. The standard InChI is InChI=1S/C21H25NO2S/c1-13(23)14-6-5-7-16(10-14)22-20(24)18-12-25-19-11-15(21(2,3)4)8-9-17(18)19/h5-7,10,12,15H,8-9,11H2,1-4H3,(H,22,24). The van der Waals surface area contributed by atoms with Gasteiger partial charge in [-0.1, -0.05) is 32.9 Å². The molecule has 1 aromatic carbocycles. The number of carbonyl (C=O) groups is 2. The molecule has 1 aromatic heterocycles. The normalized spacial score (nSPS) is 17.0. The minimum atomic E-state index is -0.0765. The van der Waals surface area contributed by atoms with Gasteiger partial charge in [-0.25, -0.2) is 0 Å². The van der Waals surface area contributed by atoms with Gasteiger partial charge in [-0.3, -0.25) is 9.59 Å². The number of amides is 1. The average molecular weight is 356 g/mol. The molecule has 0 saturated heterocycles. The van der Waals surface area contributed by atoms with Crippen LogP contribution in [-0.4, -0.2) is 11.7 Å². The Bertz CT molecular complexity index is 814. The monoisotopic (exact) mass is 355 g/mol. The zero-order chi connectivity index (χ0) is 18.2. The zero-order valence-corrected chi connectivity index (χ0v) is 16.1. The van der Waals surface area contributed by atoms with Crippen molar-refractivity contribution in [1.82, 2.24) is 0 Å². The molecule has 132 valence electrons. The van der Waals surface area contributed by atoms with Crippen LogP contribution < -0.4 is 5.32 Å². The van der Waals surface area contributed by atoms with Crippen LogP contribution in [0.1, 0.15) is 65.3 Å². The van der Waals surface area contributed by atoms with Crippen LogP contribution >= 0.6 is 11.3 Å². The highest BCUT2D eigenvalue weighted by molar-refractivity contribution is 7.10. The van der Waals surface area contributed by atoms with Gasteiger partial charge in [0.25, 0.3) is 5.91 Å². The van der Waals surface area contributed by atoms with Crippen LogP contribution in [0.3, 0.4) is 0 Å². The van der Waals surface area contributed by atoms with E-state index in [1.807, 2.05) is 11.4 Å². The van der Waals surface area contributed by atoms with Gasteiger partial charge in [0.05, 0.1) is 5.56 Å². The van der Waals surface area contributed by atoms with Crippen LogP contribution in [0.15, 0.2) is 29.6 Å². The lowest BCUT2D eigenvalue weighted by Gasteiger charge is -2.34. The maximum absolute atomic E-state index is 12.7. The lowest BCUT2D eigenvalue weighted by Crippen LogP contribution is -2.27. The molecule has 1 atom stereocenters. The number of fused-ring (bicyclic) bond motifs is 1. The van der Waals surface area contributed by atoms with Crippen molar-refractivity contribution in [2.45, 2.75) is 47.0 Å². The molecule has 1 N–H and O–H groups in total. The van der Waals surface area contributed by atoms with Crippen LogP contribution in [0.25, 0.3) is 0 Å². The highest BCUT2D eigenvalue weighted by Crippen LogP contribution is 2.40. The molecular formula is C21H25NO2S. The fraction of sp³-hybridized carbons (Fsp3) is 0.429. The van der Waals surface area contributed by atoms with Gasteiger partial charge in [0.1, 0.15) is 0 Å². The predicted octanol–water partition coefficient (Wildman–Crippen LogP) is 5.35. The number of thiophene rings is 1. The third kappa shape index (κ3) is 3.84. The summed E-state index contributed by atoms with van der Waals surface area (Å²) in [5.41, 5.74) is 3.59. The zero-order valence-electron chi connectivity index (χ0n) is 15.3. The van der Waals surface area contributed by atoms with E-state index in [0.717, 1.165) is 24.8 Å². The second-order valence-corrected chi connectivity index (χ2v) is 8.91. The first-order valence-electron chi connectivity index (χ1n) is 8.77. The minimum Gasteiger partial charge on any atom is -0.322 e. The van der Waals surface area contributed by atoms with Gasteiger partial charge < -0.3 is 5.32 Å². The van der Waals surface area contributed by atoms with E-state index in [4.69, 9.17) is 0 Å². The van der Waals surface area contributed by atoms with Gasteiger partial charge in [-0.15, -0.1) is 11.3 Å². The van der Waals surface area contributed by atoms with E-state index in [1.54, 1.807) is 29.5 Å². The number of anilines is 1. The molecule has 0 radical (unpaired) electrons. The molecule has 0 saturated carbocycles. The molecule has 0 fully saturated rings. The first-order valence-corrected chi connectivity index (χ1v) is 9.65. The summed E-state index contributed by atoms with van der Waals surface area (Å²) in [7, 11) is 0. The van der Waals surface area contributed by atoms with Gasteiger partial charge in [0.2, 0.25) is 0 Å². The number of hydrogen-bond acceptors (Lipinski definition) is 3. The van der Waals surface area contributed by atoms with Crippen LogP contribution in [0.2, 0.25) is 0 Å². The average Bonchev–Trinajstić information content (AvgIpc) is 2.97. The third-order valence-electron chi connectivity index (χ3n) is 5.15.